The molecule has 0 radical (unpaired) electrons. The smallest absolute Gasteiger partial charge is 0.144 e. The van der Waals surface area contributed by atoms with Crippen LogP contribution in [0.1, 0.15) is 11.1 Å². The monoisotopic (exact) mass is 353 g/mol. The van der Waals surface area contributed by atoms with Crippen molar-refractivity contribution in [1.82, 2.24) is 0 Å². The number of hydrogen-bond acceptors (Lipinski definition) is 3. The third kappa shape index (κ3) is 4.26. The molecular formula is C12H7Cl4NOS. The van der Waals surface area contributed by atoms with Gasteiger partial charge in [-0.2, -0.15) is 0 Å². The number of rotatable bonds is 4. The zero-order valence-corrected chi connectivity index (χ0v) is 13.2. The van der Waals surface area contributed by atoms with Gasteiger partial charge in [-0.15, -0.1) is 11.3 Å². The molecule has 1 aromatic carbocycles. The van der Waals surface area contributed by atoms with E-state index in [0.717, 1.165) is 11.1 Å². The molecule has 0 aliphatic heterocycles. The van der Waals surface area contributed by atoms with E-state index in [1.165, 1.54) is 17.6 Å². The molecule has 0 unspecified atom stereocenters. The van der Waals surface area contributed by atoms with Crippen molar-refractivity contribution in [3.05, 3.63) is 54.1 Å². The molecule has 7 heteroatoms. The lowest BCUT2D eigenvalue weighted by atomic mass is 10.2. The maximum atomic E-state index is 5.99. The van der Waals surface area contributed by atoms with E-state index in [1.54, 1.807) is 24.3 Å². The molecule has 0 aliphatic rings. The summed E-state index contributed by atoms with van der Waals surface area (Å²) in [5.74, 6) is 0. The van der Waals surface area contributed by atoms with E-state index < -0.39 is 0 Å². The Bertz CT molecular complexity index is 612. The van der Waals surface area contributed by atoms with Crippen LogP contribution in [-0.2, 0) is 11.4 Å². The fourth-order valence-electron chi connectivity index (χ4n) is 1.28. The second kappa shape index (κ2) is 6.82. The summed E-state index contributed by atoms with van der Waals surface area (Å²) >= 11 is 24.8. The zero-order chi connectivity index (χ0) is 13.8. The summed E-state index contributed by atoms with van der Waals surface area (Å²) in [7, 11) is 0. The predicted molar refractivity (Wildman–Crippen MR) is 83.2 cm³/mol. The normalized spacial score (nSPS) is 11.2. The van der Waals surface area contributed by atoms with E-state index >= 15 is 0 Å². The topological polar surface area (TPSA) is 21.6 Å². The van der Waals surface area contributed by atoms with Crippen molar-refractivity contribution in [3.8, 4) is 0 Å². The molecule has 0 N–H and O–H groups in total. The van der Waals surface area contributed by atoms with Gasteiger partial charge in [0.1, 0.15) is 10.9 Å². The highest BCUT2D eigenvalue weighted by molar-refractivity contribution is 7.20. The SMILES string of the molecule is Clc1ccc(C=NOCc2cc(Cl)sc2Cl)c(Cl)c1. The van der Waals surface area contributed by atoms with Crippen molar-refractivity contribution in [3.63, 3.8) is 0 Å². The summed E-state index contributed by atoms with van der Waals surface area (Å²) in [5, 5.41) is 4.91. The first-order chi connectivity index (χ1) is 9.06. The van der Waals surface area contributed by atoms with Crippen LogP contribution >= 0.6 is 57.7 Å². The van der Waals surface area contributed by atoms with Gasteiger partial charge in [-0.1, -0.05) is 57.6 Å². The molecule has 1 aromatic heterocycles. The van der Waals surface area contributed by atoms with Crippen molar-refractivity contribution in [2.24, 2.45) is 5.16 Å². The van der Waals surface area contributed by atoms with Crippen LogP contribution in [0.4, 0.5) is 0 Å². The highest BCUT2D eigenvalue weighted by atomic mass is 35.5. The van der Waals surface area contributed by atoms with Crippen LogP contribution in [0.5, 0.6) is 0 Å². The average Bonchev–Trinajstić information content (AvgIpc) is 2.65. The van der Waals surface area contributed by atoms with Crippen LogP contribution in [0.25, 0.3) is 0 Å². The summed E-state index contributed by atoms with van der Waals surface area (Å²) in [6.07, 6.45) is 1.51. The van der Waals surface area contributed by atoms with E-state index in [-0.39, 0.29) is 6.61 Å². The molecule has 0 aliphatic carbocycles. The molecule has 2 nitrogen and oxygen atoms in total. The fourth-order valence-corrected chi connectivity index (χ4v) is 3.20. The fraction of sp³-hybridized carbons (Fsp3) is 0.0833. The van der Waals surface area contributed by atoms with E-state index in [1.807, 2.05) is 0 Å². The third-order valence-electron chi connectivity index (χ3n) is 2.18. The summed E-state index contributed by atoms with van der Waals surface area (Å²) < 4.78 is 1.22. The van der Waals surface area contributed by atoms with Gasteiger partial charge in [0, 0.05) is 16.1 Å². The van der Waals surface area contributed by atoms with Crippen LogP contribution in [-0.4, -0.2) is 6.21 Å². The van der Waals surface area contributed by atoms with Crippen molar-refractivity contribution < 1.29 is 4.84 Å². The van der Waals surface area contributed by atoms with Gasteiger partial charge < -0.3 is 4.84 Å². The minimum atomic E-state index is 0.254. The maximum absolute atomic E-state index is 5.99. The molecule has 0 saturated heterocycles. The summed E-state index contributed by atoms with van der Waals surface area (Å²) in [6, 6.07) is 6.87. The highest BCUT2D eigenvalue weighted by Gasteiger charge is 2.05. The van der Waals surface area contributed by atoms with Crippen molar-refractivity contribution in [2.75, 3.05) is 0 Å². The number of nitrogens with zero attached hydrogens (tertiary/aromatic N) is 1. The Kier molecular flexibility index (Phi) is 5.37. The van der Waals surface area contributed by atoms with Crippen molar-refractivity contribution in [1.29, 1.82) is 0 Å². The molecule has 0 atom stereocenters. The second-order valence-electron chi connectivity index (χ2n) is 3.52. The molecule has 0 bridgehead atoms. The number of oxime groups is 1. The molecule has 0 amide bonds. The molecule has 100 valence electrons. The third-order valence-corrected chi connectivity index (χ3v) is 4.31. The first-order valence-electron chi connectivity index (χ1n) is 5.10. The average molecular weight is 355 g/mol. The van der Waals surface area contributed by atoms with Gasteiger partial charge in [-0.05, 0) is 18.2 Å². The van der Waals surface area contributed by atoms with Gasteiger partial charge in [-0.3, -0.25) is 0 Å². The molecular weight excluding hydrogens is 348 g/mol. The van der Waals surface area contributed by atoms with Gasteiger partial charge in [0.2, 0.25) is 0 Å². The van der Waals surface area contributed by atoms with Crippen molar-refractivity contribution in [2.45, 2.75) is 6.61 Å². The highest BCUT2D eigenvalue weighted by Crippen LogP contribution is 2.31. The van der Waals surface area contributed by atoms with Gasteiger partial charge in [0.25, 0.3) is 0 Å². The Hall–Kier alpha value is -0.450. The quantitative estimate of drug-likeness (QED) is 0.493. The Balaban J connectivity index is 1.95. The standard InChI is InChI=1S/C12H7Cl4NOS/c13-9-2-1-7(10(14)4-9)5-17-18-6-8-3-11(15)19-12(8)16/h1-5H,6H2. The summed E-state index contributed by atoms with van der Waals surface area (Å²) in [6.45, 7) is 0.254. The molecule has 0 fully saturated rings. The minimum absolute atomic E-state index is 0.254. The first-order valence-corrected chi connectivity index (χ1v) is 7.43. The molecule has 0 spiro atoms. The van der Waals surface area contributed by atoms with E-state index in [2.05, 4.69) is 5.16 Å². The lowest BCUT2D eigenvalue weighted by Crippen LogP contribution is -1.88. The lowest BCUT2D eigenvalue weighted by molar-refractivity contribution is 0.132. The lowest BCUT2D eigenvalue weighted by Gasteiger charge is -1.99. The Morgan fingerprint density at radius 1 is 1.16 bits per heavy atom. The van der Waals surface area contributed by atoms with Gasteiger partial charge in [0.15, 0.2) is 0 Å². The molecule has 2 aromatic rings. The zero-order valence-electron chi connectivity index (χ0n) is 9.37. The van der Waals surface area contributed by atoms with E-state index in [4.69, 9.17) is 51.2 Å². The molecule has 19 heavy (non-hydrogen) atoms. The number of halogens is 4. The predicted octanol–water partition coefficient (Wildman–Crippen LogP) is 5.91. The van der Waals surface area contributed by atoms with Crippen molar-refractivity contribution >= 4 is 64.0 Å². The van der Waals surface area contributed by atoms with Gasteiger partial charge in [-0.25, -0.2) is 0 Å². The first kappa shape index (κ1) is 14.9. The molecule has 0 saturated carbocycles. The molecule has 1 heterocycles. The Labute approximate surface area is 134 Å². The largest absolute Gasteiger partial charge is 0.391 e. The Morgan fingerprint density at radius 3 is 2.58 bits per heavy atom. The van der Waals surface area contributed by atoms with E-state index in [9.17, 15) is 0 Å². The second-order valence-corrected chi connectivity index (χ2v) is 6.65. The maximum Gasteiger partial charge on any atom is 0.144 e. The van der Waals surface area contributed by atoms with Gasteiger partial charge in [0.05, 0.1) is 15.6 Å². The summed E-state index contributed by atoms with van der Waals surface area (Å²) in [4.78, 5) is 5.14. The minimum Gasteiger partial charge on any atom is -0.391 e. The van der Waals surface area contributed by atoms with Crippen LogP contribution in [0.3, 0.4) is 0 Å². The Morgan fingerprint density at radius 2 is 1.95 bits per heavy atom. The number of benzene rings is 1. The van der Waals surface area contributed by atoms with Crippen LogP contribution in [0.2, 0.25) is 18.7 Å². The van der Waals surface area contributed by atoms with Crippen LogP contribution < -0.4 is 0 Å². The number of thiophene rings is 1. The molecule has 2 rings (SSSR count). The van der Waals surface area contributed by atoms with Crippen LogP contribution in [0.15, 0.2) is 29.4 Å². The van der Waals surface area contributed by atoms with Gasteiger partial charge >= 0.3 is 0 Å². The van der Waals surface area contributed by atoms with Crippen LogP contribution in [0, 0.1) is 0 Å². The summed E-state index contributed by atoms with van der Waals surface area (Å²) in [5.41, 5.74) is 1.52. The van der Waals surface area contributed by atoms with E-state index in [0.29, 0.717) is 18.7 Å². The number of hydrogen-bond donors (Lipinski definition) is 0.